The number of carbonyl (C=O) groups excluding carboxylic acids is 1. The van der Waals surface area contributed by atoms with Crippen LogP contribution in [0.3, 0.4) is 0 Å². The van der Waals surface area contributed by atoms with E-state index in [9.17, 15) is 23.1 Å². The highest BCUT2D eigenvalue weighted by Crippen LogP contribution is 2.32. The van der Waals surface area contributed by atoms with Gasteiger partial charge in [-0.3, -0.25) is 4.79 Å². The Bertz CT molecular complexity index is 1200. The molecule has 0 aliphatic rings. The molecule has 0 bridgehead atoms. The van der Waals surface area contributed by atoms with Crippen molar-refractivity contribution in [1.29, 1.82) is 0 Å². The molecule has 3 rings (SSSR count). The molecule has 1 unspecified atom stereocenters. The number of pyridine rings is 1. The lowest BCUT2D eigenvalue weighted by atomic mass is 9.81. The van der Waals surface area contributed by atoms with E-state index in [1.165, 1.54) is 13.8 Å². The molecule has 6 nitrogen and oxygen atoms in total. The largest absolute Gasteiger partial charge is 0.462 e. The Morgan fingerprint density at radius 1 is 1.11 bits per heavy atom. The fourth-order valence-electron chi connectivity index (χ4n) is 3.63. The number of nitrogens with two attached hydrogens (primary N) is 1. The van der Waals surface area contributed by atoms with Gasteiger partial charge in [-0.15, -0.1) is 0 Å². The van der Waals surface area contributed by atoms with Gasteiger partial charge in [-0.05, 0) is 62.2 Å². The van der Waals surface area contributed by atoms with Gasteiger partial charge in [0.2, 0.25) is 5.88 Å². The Kier molecular flexibility index (Phi) is 7.85. The highest BCUT2D eigenvalue weighted by Gasteiger charge is 2.40. The molecule has 192 valence electrons. The molecule has 1 amide bonds. The van der Waals surface area contributed by atoms with E-state index in [-0.39, 0.29) is 12.3 Å². The molecule has 36 heavy (non-hydrogen) atoms. The number of aromatic nitrogens is 1. The lowest BCUT2D eigenvalue weighted by molar-refractivity contribution is -0.139. The van der Waals surface area contributed by atoms with E-state index in [0.29, 0.717) is 22.5 Å². The van der Waals surface area contributed by atoms with E-state index < -0.39 is 34.9 Å². The molecule has 1 heterocycles. The predicted octanol–water partition coefficient (Wildman–Crippen LogP) is 5.13. The number of nitrogens with zero attached hydrogens (tertiary/aromatic N) is 1. The molecule has 2 atom stereocenters. The minimum atomic E-state index is -4.54. The monoisotopic (exact) mass is 521 g/mol. The number of ether oxygens (including phenoxy) is 1. The summed E-state index contributed by atoms with van der Waals surface area (Å²) in [6.07, 6.45) is -3.77. The minimum Gasteiger partial charge on any atom is -0.462 e. The van der Waals surface area contributed by atoms with Gasteiger partial charge in [0.05, 0.1) is 11.6 Å². The molecule has 2 aromatic carbocycles. The summed E-state index contributed by atoms with van der Waals surface area (Å²) in [4.78, 5) is 16.8. The molecular weight excluding hydrogens is 495 g/mol. The molecule has 0 saturated carbocycles. The zero-order valence-corrected chi connectivity index (χ0v) is 20.7. The molecule has 0 aliphatic heterocycles. The number of aliphatic hydroxyl groups is 1. The number of alkyl halides is 3. The van der Waals surface area contributed by atoms with Crippen molar-refractivity contribution >= 4 is 23.2 Å². The van der Waals surface area contributed by atoms with Crippen molar-refractivity contribution in [2.75, 3.05) is 5.73 Å². The predicted molar refractivity (Wildman–Crippen MR) is 131 cm³/mol. The highest BCUT2D eigenvalue weighted by atomic mass is 35.5. The van der Waals surface area contributed by atoms with Crippen molar-refractivity contribution in [3.8, 4) is 5.88 Å². The molecule has 1 aromatic heterocycles. The summed E-state index contributed by atoms with van der Waals surface area (Å²) in [7, 11) is 0. The van der Waals surface area contributed by atoms with Crippen LogP contribution < -0.4 is 15.8 Å². The van der Waals surface area contributed by atoms with E-state index >= 15 is 0 Å². The first-order chi connectivity index (χ1) is 16.7. The lowest BCUT2D eigenvalue weighted by Gasteiger charge is -2.37. The van der Waals surface area contributed by atoms with Crippen molar-refractivity contribution in [3.05, 3.63) is 88.6 Å². The quantitative estimate of drug-likeness (QED) is 0.357. The maximum atomic E-state index is 13.2. The minimum absolute atomic E-state index is 0.136. The summed E-state index contributed by atoms with van der Waals surface area (Å²) in [6.45, 7) is 4.55. The van der Waals surface area contributed by atoms with E-state index in [2.05, 4.69) is 10.3 Å². The third-order valence-corrected chi connectivity index (χ3v) is 6.06. The van der Waals surface area contributed by atoms with Crippen molar-refractivity contribution in [3.63, 3.8) is 0 Å². The number of nitrogens with one attached hydrogen (secondary N) is 1. The molecular formula is C26H27ClF3N3O3. The second-order valence-corrected chi connectivity index (χ2v) is 9.48. The Balaban J connectivity index is 1.82. The van der Waals surface area contributed by atoms with E-state index in [1.54, 1.807) is 55.5 Å². The van der Waals surface area contributed by atoms with Crippen LogP contribution in [0.25, 0.3) is 0 Å². The van der Waals surface area contributed by atoms with Crippen LogP contribution in [0.15, 0.2) is 66.9 Å². The molecule has 10 heteroatoms. The number of nitrogen functional groups attached to an aromatic ring is 1. The second kappa shape index (κ2) is 10.4. The van der Waals surface area contributed by atoms with Crippen LogP contribution in [0.5, 0.6) is 5.88 Å². The van der Waals surface area contributed by atoms with Gasteiger partial charge >= 0.3 is 6.18 Å². The number of amides is 1. The normalized spacial score (nSPS) is 14.6. The second-order valence-electron chi connectivity index (χ2n) is 9.04. The summed E-state index contributed by atoms with van der Waals surface area (Å²) in [5, 5.41) is 15.2. The van der Waals surface area contributed by atoms with Crippen LogP contribution in [0, 0.1) is 0 Å². The fourth-order valence-corrected chi connectivity index (χ4v) is 3.76. The van der Waals surface area contributed by atoms with Crippen molar-refractivity contribution in [1.82, 2.24) is 10.3 Å². The highest BCUT2D eigenvalue weighted by molar-refractivity contribution is 6.30. The van der Waals surface area contributed by atoms with Gasteiger partial charge < -0.3 is 20.9 Å². The molecule has 4 N–H and O–H groups in total. The number of hydrogen-bond donors (Lipinski definition) is 3. The maximum Gasteiger partial charge on any atom is 0.417 e. The zero-order valence-electron chi connectivity index (χ0n) is 19.9. The van der Waals surface area contributed by atoms with Crippen molar-refractivity contribution in [2.24, 2.45) is 0 Å². The first-order valence-corrected chi connectivity index (χ1v) is 11.4. The Morgan fingerprint density at radius 3 is 2.33 bits per heavy atom. The van der Waals surface area contributed by atoms with Gasteiger partial charge in [-0.2, -0.15) is 13.2 Å². The molecule has 0 spiro atoms. The number of rotatable bonds is 8. The lowest BCUT2D eigenvalue weighted by Crippen LogP contribution is -2.56. The summed E-state index contributed by atoms with van der Waals surface area (Å²) in [6, 6.07) is 14.7. The zero-order chi connectivity index (χ0) is 26.7. The van der Waals surface area contributed by atoms with Crippen molar-refractivity contribution < 1.29 is 27.8 Å². The fraction of sp³-hybridized carbons (Fsp3) is 0.308. The van der Waals surface area contributed by atoms with Gasteiger partial charge in [-0.1, -0.05) is 35.9 Å². The van der Waals surface area contributed by atoms with E-state index in [4.69, 9.17) is 22.1 Å². The topological polar surface area (TPSA) is 97.5 Å². The van der Waals surface area contributed by atoms with Crippen LogP contribution in [0.1, 0.15) is 37.5 Å². The van der Waals surface area contributed by atoms with Gasteiger partial charge in [0.15, 0.2) is 5.60 Å². The summed E-state index contributed by atoms with van der Waals surface area (Å²) in [5.41, 5.74) is 3.64. The van der Waals surface area contributed by atoms with Crippen LogP contribution in [0.2, 0.25) is 5.02 Å². The Morgan fingerprint density at radius 2 is 1.78 bits per heavy atom. The third kappa shape index (κ3) is 6.47. The number of halogens is 4. The average Bonchev–Trinajstić information content (AvgIpc) is 2.80. The van der Waals surface area contributed by atoms with E-state index in [0.717, 1.165) is 17.7 Å². The van der Waals surface area contributed by atoms with Gasteiger partial charge in [0.1, 0.15) is 5.60 Å². The van der Waals surface area contributed by atoms with Crippen LogP contribution in [0.4, 0.5) is 18.9 Å². The third-order valence-electron chi connectivity index (χ3n) is 5.81. The molecule has 3 aromatic rings. The van der Waals surface area contributed by atoms with Crippen molar-refractivity contribution in [2.45, 2.75) is 50.6 Å². The maximum absolute atomic E-state index is 13.2. The summed E-state index contributed by atoms with van der Waals surface area (Å²) in [5.74, 6) is -0.752. The first kappa shape index (κ1) is 27.3. The molecule has 0 radical (unpaired) electrons. The van der Waals surface area contributed by atoms with Gasteiger partial charge in [0.25, 0.3) is 5.91 Å². The molecule has 0 saturated heterocycles. The van der Waals surface area contributed by atoms with Gasteiger partial charge in [-0.25, -0.2) is 4.98 Å². The summed E-state index contributed by atoms with van der Waals surface area (Å²) >= 11 is 5.99. The number of anilines is 1. The van der Waals surface area contributed by atoms with Gasteiger partial charge in [0, 0.05) is 29.4 Å². The number of hydrogen-bond acceptors (Lipinski definition) is 5. The van der Waals surface area contributed by atoms with Crippen LogP contribution in [-0.4, -0.2) is 27.6 Å². The number of benzene rings is 2. The first-order valence-electron chi connectivity index (χ1n) is 11.1. The van der Waals surface area contributed by atoms with Crippen LogP contribution in [-0.2, 0) is 23.0 Å². The average molecular weight is 522 g/mol. The SMILES string of the molecule is C[C@H](NC(=O)C(C)(C)Oc1ccc(C(F)(F)F)cn1)C(O)(Cc1ccc(Cl)cc1)c1cccc(N)c1. The molecule has 0 fully saturated rings. The smallest absolute Gasteiger partial charge is 0.417 e. The Hall–Kier alpha value is -3.30. The summed E-state index contributed by atoms with van der Waals surface area (Å²) < 4.78 is 44.0. The number of carbonyl (C=O) groups is 1. The van der Waals surface area contributed by atoms with E-state index in [1.807, 2.05) is 0 Å². The van der Waals surface area contributed by atoms with Crippen LogP contribution >= 0.6 is 11.6 Å². The molecule has 0 aliphatic carbocycles. The Labute approximate surface area is 212 Å². The standard InChI is InChI=1S/C26H27ClF3N3O3/c1-16(33-23(34)24(2,3)36-22-12-9-19(15-32-22)26(28,29)30)25(35,18-5-4-6-21(31)13-18)14-17-7-10-20(27)11-8-17/h4-13,15-16,35H,14,31H2,1-3H3,(H,33,34)/t16-,25?/m0/s1.